The lowest BCUT2D eigenvalue weighted by Crippen LogP contribution is -2.36. The van der Waals surface area contributed by atoms with E-state index >= 15 is 0 Å². The first-order valence-electron chi connectivity index (χ1n) is 9.23. The van der Waals surface area contributed by atoms with E-state index in [1.165, 1.54) is 24.8 Å². The predicted octanol–water partition coefficient (Wildman–Crippen LogP) is 3.95. The lowest BCUT2D eigenvalue weighted by molar-refractivity contribution is 0.183. The normalized spacial score (nSPS) is 21.0. The van der Waals surface area contributed by atoms with Gasteiger partial charge in [0.1, 0.15) is 5.82 Å². The Kier molecular flexibility index (Phi) is 5.97. The van der Waals surface area contributed by atoms with Gasteiger partial charge in [-0.25, -0.2) is 4.98 Å². The van der Waals surface area contributed by atoms with E-state index in [-0.39, 0.29) is 12.4 Å². The summed E-state index contributed by atoms with van der Waals surface area (Å²) in [5, 5.41) is 4.37. The van der Waals surface area contributed by atoms with E-state index < -0.39 is 0 Å². The van der Waals surface area contributed by atoms with E-state index in [0.717, 1.165) is 42.6 Å². The molecule has 26 heavy (non-hydrogen) atoms. The highest BCUT2D eigenvalue weighted by Crippen LogP contribution is 2.56. The van der Waals surface area contributed by atoms with E-state index in [1.807, 2.05) is 12.4 Å². The van der Waals surface area contributed by atoms with E-state index in [4.69, 9.17) is 11.6 Å². The maximum absolute atomic E-state index is 6.36. The first-order valence-corrected chi connectivity index (χ1v) is 9.61. The van der Waals surface area contributed by atoms with Crippen LogP contribution in [0.3, 0.4) is 0 Å². The number of halogens is 2. The number of nitrogens with one attached hydrogen (secondary N) is 1. The Morgan fingerprint density at radius 1 is 1.31 bits per heavy atom. The van der Waals surface area contributed by atoms with Crippen LogP contribution in [-0.4, -0.2) is 33.6 Å². The number of benzene rings is 1. The smallest absolute Gasteiger partial charge is 0.122 e. The minimum absolute atomic E-state index is 0. The summed E-state index contributed by atoms with van der Waals surface area (Å²) in [5.41, 5.74) is 2.95. The molecule has 6 heteroatoms. The van der Waals surface area contributed by atoms with Gasteiger partial charge in [0.25, 0.3) is 0 Å². The second-order valence-electron chi connectivity index (χ2n) is 7.78. The first kappa shape index (κ1) is 19.7. The first-order chi connectivity index (χ1) is 12.1. The maximum atomic E-state index is 6.36. The van der Waals surface area contributed by atoms with Gasteiger partial charge in [-0.3, -0.25) is 4.90 Å². The van der Waals surface area contributed by atoms with E-state index in [1.54, 1.807) is 0 Å². The van der Waals surface area contributed by atoms with Crippen molar-refractivity contribution in [3.8, 4) is 0 Å². The summed E-state index contributed by atoms with van der Waals surface area (Å²) < 4.78 is 2.13. The third kappa shape index (κ3) is 3.94. The molecule has 1 N–H and O–H groups in total. The average molecular weight is 395 g/mol. The highest BCUT2D eigenvalue weighted by molar-refractivity contribution is 6.31. The molecule has 142 valence electrons. The third-order valence-corrected chi connectivity index (χ3v) is 6.48. The molecular formula is C20H28Cl2N4. The number of nitrogens with zero attached hydrogens (tertiary/aromatic N) is 3. The van der Waals surface area contributed by atoms with Crippen molar-refractivity contribution in [2.24, 2.45) is 12.5 Å². The van der Waals surface area contributed by atoms with Crippen molar-refractivity contribution in [3.63, 3.8) is 0 Å². The molecule has 4 nitrogen and oxygen atoms in total. The molecule has 2 heterocycles. The van der Waals surface area contributed by atoms with Gasteiger partial charge in [-0.05, 0) is 61.9 Å². The molecule has 0 bridgehead atoms. The highest BCUT2D eigenvalue weighted by Gasteiger charge is 2.56. The number of imidazole rings is 1. The molecule has 0 amide bonds. The Morgan fingerprint density at radius 2 is 2.08 bits per heavy atom. The van der Waals surface area contributed by atoms with Crippen LogP contribution in [0.15, 0.2) is 30.6 Å². The minimum Gasteiger partial charge on any atom is -0.337 e. The molecule has 1 atom stereocenters. The van der Waals surface area contributed by atoms with Gasteiger partial charge < -0.3 is 9.88 Å². The molecule has 2 aliphatic rings. The van der Waals surface area contributed by atoms with Gasteiger partial charge in [-0.15, -0.1) is 12.4 Å². The summed E-state index contributed by atoms with van der Waals surface area (Å²) in [6.45, 7) is 6.20. The molecule has 4 rings (SSSR count). The van der Waals surface area contributed by atoms with E-state index in [9.17, 15) is 0 Å². The van der Waals surface area contributed by atoms with Crippen molar-refractivity contribution >= 4 is 24.0 Å². The zero-order chi connectivity index (χ0) is 17.4. The predicted molar refractivity (Wildman–Crippen MR) is 109 cm³/mol. The van der Waals surface area contributed by atoms with Gasteiger partial charge in [0.05, 0.1) is 6.54 Å². The van der Waals surface area contributed by atoms with Crippen LogP contribution < -0.4 is 5.32 Å². The Balaban J connectivity index is 0.00000196. The topological polar surface area (TPSA) is 33.1 Å². The van der Waals surface area contributed by atoms with Crippen molar-refractivity contribution in [1.82, 2.24) is 19.8 Å². The molecule has 1 spiro atoms. The average Bonchev–Trinajstić information content (AvgIpc) is 3.13. The lowest BCUT2D eigenvalue weighted by atomic mass is 9.93. The molecule has 1 saturated heterocycles. The van der Waals surface area contributed by atoms with Crippen LogP contribution in [0, 0.1) is 12.3 Å². The van der Waals surface area contributed by atoms with E-state index in [2.05, 4.69) is 51.9 Å². The second kappa shape index (κ2) is 7.89. The molecule has 1 aliphatic carbocycles. The fraction of sp³-hybridized carbons (Fsp3) is 0.550. The summed E-state index contributed by atoms with van der Waals surface area (Å²) in [7, 11) is 2.08. The number of aromatic nitrogens is 2. The second-order valence-corrected chi connectivity index (χ2v) is 8.18. The molecular weight excluding hydrogens is 367 g/mol. The molecule has 1 aromatic heterocycles. The summed E-state index contributed by atoms with van der Waals surface area (Å²) in [6, 6.07) is 7.12. The van der Waals surface area contributed by atoms with E-state index in [0.29, 0.717) is 11.5 Å². The molecule has 1 aliphatic heterocycles. The quantitative estimate of drug-likeness (QED) is 0.832. The van der Waals surface area contributed by atoms with Crippen LogP contribution >= 0.6 is 24.0 Å². The molecule has 1 saturated carbocycles. The Bertz CT molecular complexity index is 752. The number of hydrogen-bond acceptors (Lipinski definition) is 3. The molecule has 2 aromatic rings. The van der Waals surface area contributed by atoms with Crippen LogP contribution in [0.5, 0.6) is 0 Å². The maximum Gasteiger partial charge on any atom is 0.122 e. The van der Waals surface area contributed by atoms with Gasteiger partial charge in [0, 0.05) is 37.1 Å². The Hall–Kier alpha value is -1.07. The standard InChI is InChI=1S/C20H27ClN4.ClH/c1-15-3-4-16(11-17(15)21)13-25(14-19-23-9-10-24(19)2)18-12-20(18)5-7-22-8-6-20;/h3-4,9-11,18,22H,5-8,12-14H2,1-2H3;1H. The van der Waals surface area contributed by atoms with Crippen molar-refractivity contribution < 1.29 is 0 Å². The summed E-state index contributed by atoms with van der Waals surface area (Å²) in [6.07, 6.45) is 7.83. The molecule has 2 fully saturated rings. The van der Waals surface area contributed by atoms with Crippen LogP contribution in [-0.2, 0) is 20.1 Å². The van der Waals surface area contributed by atoms with Crippen molar-refractivity contribution in [2.45, 2.75) is 45.3 Å². The van der Waals surface area contributed by atoms with Crippen molar-refractivity contribution in [2.75, 3.05) is 13.1 Å². The van der Waals surface area contributed by atoms with Crippen LogP contribution in [0.4, 0.5) is 0 Å². The van der Waals surface area contributed by atoms with Crippen molar-refractivity contribution in [3.05, 3.63) is 52.6 Å². The van der Waals surface area contributed by atoms with Crippen LogP contribution in [0.25, 0.3) is 0 Å². The summed E-state index contributed by atoms with van der Waals surface area (Å²) in [5.74, 6) is 1.13. The number of piperidine rings is 1. The SMILES string of the molecule is Cc1ccc(CN(Cc2nccn2C)C2CC23CCNCC3)cc1Cl.Cl. The lowest BCUT2D eigenvalue weighted by Gasteiger charge is -2.29. The van der Waals surface area contributed by atoms with Crippen molar-refractivity contribution in [1.29, 1.82) is 0 Å². The monoisotopic (exact) mass is 394 g/mol. The zero-order valence-electron chi connectivity index (χ0n) is 15.5. The summed E-state index contributed by atoms with van der Waals surface area (Å²) in [4.78, 5) is 7.18. The van der Waals surface area contributed by atoms with Gasteiger partial charge in [-0.2, -0.15) is 0 Å². The number of rotatable bonds is 5. The highest BCUT2D eigenvalue weighted by atomic mass is 35.5. The van der Waals surface area contributed by atoms with Crippen LogP contribution in [0.2, 0.25) is 5.02 Å². The van der Waals surface area contributed by atoms with Gasteiger partial charge >= 0.3 is 0 Å². The number of hydrogen-bond donors (Lipinski definition) is 1. The Morgan fingerprint density at radius 3 is 2.73 bits per heavy atom. The minimum atomic E-state index is 0. The van der Waals surface area contributed by atoms with Crippen LogP contribution in [0.1, 0.15) is 36.2 Å². The van der Waals surface area contributed by atoms with Gasteiger partial charge in [-0.1, -0.05) is 23.7 Å². The molecule has 1 aromatic carbocycles. The Labute approximate surface area is 167 Å². The van der Waals surface area contributed by atoms with Gasteiger partial charge in [0.2, 0.25) is 0 Å². The fourth-order valence-corrected chi connectivity index (χ4v) is 4.48. The summed E-state index contributed by atoms with van der Waals surface area (Å²) >= 11 is 6.36. The largest absolute Gasteiger partial charge is 0.337 e. The number of aryl methyl sites for hydroxylation is 2. The molecule has 1 unspecified atom stereocenters. The zero-order valence-corrected chi connectivity index (χ0v) is 17.1. The van der Waals surface area contributed by atoms with Gasteiger partial charge in [0.15, 0.2) is 0 Å². The molecule has 0 radical (unpaired) electrons. The third-order valence-electron chi connectivity index (χ3n) is 6.07. The fourth-order valence-electron chi connectivity index (χ4n) is 4.28.